The molecule has 0 aromatic heterocycles. The number of nitrogens with zero attached hydrogens (tertiary/aromatic N) is 2. The van der Waals surface area contributed by atoms with Crippen LogP contribution in [0.15, 0.2) is 91.0 Å². The van der Waals surface area contributed by atoms with Crippen molar-refractivity contribution in [2.75, 3.05) is 32.7 Å². The smallest absolute Gasteiger partial charge is 0.127 e. The molecule has 0 radical (unpaired) electrons. The molecule has 3 aromatic carbocycles. The van der Waals surface area contributed by atoms with E-state index in [0.717, 1.165) is 50.8 Å². The average Bonchev–Trinajstić information content (AvgIpc) is 2.77. The van der Waals surface area contributed by atoms with Crippen LogP contribution in [0.1, 0.15) is 11.1 Å². The van der Waals surface area contributed by atoms with Crippen LogP contribution in [-0.2, 0) is 6.54 Å². The average molecular weight is 385 g/mol. The molecule has 1 heterocycles. The minimum atomic E-state index is 0.877. The number of rotatable bonds is 7. The summed E-state index contributed by atoms with van der Waals surface area (Å²) in [7, 11) is 0. The van der Waals surface area contributed by atoms with Gasteiger partial charge in [-0.05, 0) is 35.4 Å². The van der Waals surface area contributed by atoms with E-state index in [4.69, 9.17) is 4.74 Å². The standard InChI is InChI=1S/C26H28N2O/c1-3-9-23(10-4-1)12-8-16-27-17-19-28(20-18-27)22-24-11-7-15-26(21-24)29-25-13-5-2-6-14-25/h1-15,21H,16-20,22H2. The molecule has 0 bridgehead atoms. The van der Waals surface area contributed by atoms with E-state index < -0.39 is 0 Å². The second-order valence-electron chi connectivity index (χ2n) is 7.45. The number of ether oxygens (including phenoxy) is 1. The molecule has 0 aliphatic carbocycles. The van der Waals surface area contributed by atoms with Crippen LogP contribution in [0.3, 0.4) is 0 Å². The van der Waals surface area contributed by atoms with Gasteiger partial charge < -0.3 is 4.74 Å². The molecule has 3 heteroatoms. The van der Waals surface area contributed by atoms with Crippen molar-refractivity contribution in [3.63, 3.8) is 0 Å². The zero-order valence-corrected chi connectivity index (χ0v) is 16.8. The van der Waals surface area contributed by atoms with E-state index in [1.807, 2.05) is 36.4 Å². The molecule has 0 unspecified atom stereocenters. The van der Waals surface area contributed by atoms with Crippen molar-refractivity contribution in [1.82, 2.24) is 9.80 Å². The van der Waals surface area contributed by atoms with Crippen LogP contribution in [0.4, 0.5) is 0 Å². The van der Waals surface area contributed by atoms with Crippen LogP contribution in [0.25, 0.3) is 6.08 Å². The fourth-order valence-corrected chi connectivity index (χ4v) is 3.62. The summed E-state index contributed by atoms with van der Waals surface area (Å²) in [5, 5.41) is 0. The summed E-state index contributed by atoms with van der Waals surface area (Å²) in [6.45, 7) is 6.41. The van der Waals surface area contributed by atoms with Gasteiger partial charge in [0.15, 0.2) is 0 Å². The van der Waals surface area contributed by atoms with E-state index in [1.165, 1.54) is 11.1 Å². The topological polar surface area (TPSA) is 15.7 Å². The molecule has 1 aliphatic heterocycles. The first-order chi connectivity index (χ1) is 14.3. The zero-order chi connectivity index (χ0) is 19.7. The van der Waals surface area contributed by atoms with Crippen LogP contribution in [0.5, 0.6) is 11.5 Å². The predicted molar refractivity (Wildman–Crippen MR) is 120 cm³/mol. The van der Waals surface area contributed by atoms with Gasteiger partial charge in [-0.1, -0.05) is 72.8 Å². The van der Waals surface area contributed by atoms with Crippen molar-refractivity contribution in [1.29, 1.82) is 0 Å². The monoisotopic (exact) mass is 384 g/mol. The molecule has 1 aliphatic rings. The van der Waals surface area contributed by atoms with Crippen LogP contribution in [-0.4, -0.2) is 42.5 Å². The molecule has 0 amide bonds. The molecular formula is C26H28N2O. The van der Waals surface area contributed by atoms with Gasteiger partial charge in [0.25, 0.3) is 0 Å². The molecule has 0 N–H and O–H groups in total. The van der Waals surface area contributed by atoms with Crippen LogP contribution >= 0.6 is 0 Å². The number of benzene rings is 3. The van der Waals surface area contributed by atoms with Crippen molar-refractivity contribution in [3.05, 3.63) is 102 Å². The SMILES string of the molecule is C(=Cc1ccccc1)CN1CCN(Cc2cccc(Oc3ccccc3)c2)CC1. The van der Waals surface area contributed by atoms with Gasteiger partial charge in [-0.15, -0.1) is 0 Å². The predicted octanol–water partition coefficient (Wildman–Crippen LogP) is 5.31. The van der Waals surface area contributed by atoms with E-state index >= 15 is 0 Å². The fraction of sp³-hybridized carbons (Fsp3) is 0.231. The van der Waals surface area contributed by atoms with E-state index in [0.29, 0.717) is 0 Å². The van der Waals surface area contributed by atoms with Crippen molar-refractivity contribution in [3.8, 4) is 11.5 Å². The Morgan fingerprint density at radius 1 is 0.690 bits per heavy atom. The molecule has 0 spiro atoms. The summed E-state index contributed by atoms with van der Waals surface area (Å²) in [4.78, 5) is 5.05. The second-order valence-corrected chi connectivity index (χ2v) is 7.45. The summed E-state index contributed by atoms with van der Waals surface area (Å²) < 4.78 is 5.97. The maximum absolute atomic E-state index is 5.97. The third-order valence-electron chi connectivity index (χ3n) is 5.22. The molecule has 4 rings (SSSR count). The molecule has 1 fully saturated rings. The molecule has 3 nitrogen and oxygen atoms in total. The lowest BCUT2D eigenvalue weighted by Crippen LogP contribution is -2.45. The summed E-state index contributed by atoms with van der Waals surface area (Å²) in [6, 6.07) is 28.9. The van der Waals surface area contributed by atoms with Crippen molar-refractivity contribution >= 4 is 6.08 Å². The molecular weight excluding hydrogens is 356 g/mol. The molecule has 1 saturated heterocycles. The highest BCUT2D eigenvalue weighted by atomic mass is 16.5. The lowest BCUT2D eigenvalue weighted by atomic mass is 10.2. The second kappa shape index (κ2) is 10.1. The van der Waals surface area contributed by atoms with Gasteiger partial charge in [-0.2, -0.15) is 0 Å². The highest BCUT2D eigenvalue weighted by Crippen LogP contribution is 2.22. The highest BCUT2D eigenvalue weighted by molar-refractivity contribution is 5.48. The van der Waals surface area contributed by atoms with Gasteiger partial charge in [0.05, 0.1) is 0 Å². The quantitative estimate of drug-likeness (QED) is 0.549. The number of piperazine rings is 1. The first-order valence-corrected chi connectivity index (χ1v) is 10.3. The third kappa shape index (κ3) is 6.05. The van der Waals surface area contributed by atoms with Crippen LogP contribution in [0, 0.1) is 0 Å². The Bertz CT molecular complexity index is 900. The number of hydrogen-bond acceptors (Lipinski definition) is 3. The lowest BCUT2D eigenvalue weighted by molar-refractivity contribution is 0.137. The van der Waals surface area contributed by atoms with Gasteiger partial charge in [-0.3, -0.25) is 9.80 Å². The summed E-state index contributed by atoms with van der Waals surface area (Å²) in [5.41, 5.74) is 2.57. The molecule has 0 atom stereocenters. The molecule has 3 aromatic rings. The Balaban J connectivity index is 1.24. The van der Waals surface area contributed by atoms with Gasteiger partial charge in [0.2, 0.25) is 0 Å². The normalized spacial score (nSPS) is 15.6. The van der Waals surface area contributed by atoms with Gasteiger partial charge in [0, 0.05) is 39.3 Å². The highest BCUT2D eigenvalue weighted by Gasteiger charge is 2.16. The summed E-state index contributed by atoms with van der Waals surface area (Å²) in [5.74, 6) is 1.78. The van der Waals surface area contributed by atoms with Gasteiger partial charge >= 0.3 is 0 Å². The van der Waals surface area contributed by atoms with Gasteiger partial charge in [0.1, 0.15) is 11.5 Å². The Morgan fingerprint density at radius 3 is 2.10 bits per heavy atom. The fourth-order valence-electron chi connectivity index (χ4n) is 3.62. The molecule has 148 valence electrons. The lowest BCUT2D eigenvalue weighted by Gasteiger charge is -2.34. The van der Waals surface area contributed by atoms with Crippen molar-refractivity contribution < 1.29 is 4.74 Å². The van der Waals surface area contributed by atoms with Crippen molar-refractivity contribution in [2.45, 2.75) is 6.54 Å². The summed E-state index contributed by atoms with van der Waals surface area (Å²) in [6.07, 6.45) is 4.49. The minimum absolute atomic E-state index is 0.877. The van der Waals surface area contributed by atoms with E-state index in [-0.39, 0.29) is 0 Å². The molecule has 0 saturated carbocycles. The number of hydrogen-bond donors (Lipinski definition) is 0. The van der Waals surface area contributed by atoms with E-state index in [9.17, 15) is 0 Å². The Labute approximate surface area is 173 Å². The Morgan fingerprint density at radius 2 is 1.34 bits per heavy atom. The Hall–Kier alpha value is -2.88. The van der Waals surface area contributed by atoms with Crippen LogP contribution < -0.4 is 4.74 Å². The van der Waals surface area contributed by atoms with Crippen LogP contribution in [0.2, 0.25) is 0 Å². The van der Waals surface area contributed by atoms with Gasteiger partial charge in [-0.25, -0.2) is 0 Å². The Kier molecular flexibility index (Phi) is 6.74. The minimum Gasteiger partial charge on any atom is -0.457 e. The third-order valence-corrected chi connectivity index (χ3v) is 5.22. The first-order valence-electron chi connectivity index (χ1n) is 10.3. The molecule has 29 heavy (non-hydrogen) atoms. The van der Waals surface area contributed by atoms with E-state index in [1.54, 1.807) is 0 Å². The zero-order valence-electron chi connectivity index (χ0n) is 16.8. The van der Waals surface area contributed by atoms with E-state index in [2.05, 4.69) is 70.5 Å². The first kappa shape index (κ1) is 19.4. The maximum Gasteiger partial charge on any atom is 0.127 e. The maximum atomic E-state index is 5.97. The number of para-hydroxylation sites is 1. The summed E-state index contributed by atoms with van der Waals surface area (Å²) >= 11 is 0. The largest absolute Gasteiger partial charge is 0.457 e. The van der Waals surface area contributed by atoms with Crippen molar-refractivity contribution in [2.24, 2.45) is 0 Å².